The average Bonchev–Trinajstić information content (AvgIpc) is 2.24. The van der Waals surface area contributed by atoms with Crippen molar-refractivity contribution in [1.29, 1.82) is 0 Å². The largest absolute Gasteiger partial charge is 0.437 e. The van der Waals surface area contributed by atoms with Gasteiger partial charge in [-0.1, -0.05) is 0 Å². The maximum Gasteiger partial charge on any atom is 0.315 e. The lowest BCUT2D eigenvalue weighted by Gasteiger charge is -2.39. The van der Waals surface area contributed by atoms with Gasteiger partial charge < -0.3 is 23.4 Å². The van der Waals surface area contributed by atoms with Crippen molar-refractivity contribution >= 4 is 35.2 Å². The van der Waals surface area contributed by atoms with E-state index in [9.17, 15) is 0 Å². The van der Waals surface area contributed by atoms with Crippen molar-refractivity contribution in [1.82, 2.24) is 5.32 Å². The summed E-state index contributed by atoms with van der Waals surface area (Å²) in [5.41, 5.74) is 5.49. The van der Waals surface area contributed by atoms with E-state index in [1.807, 2.05) is 6.55 Å². The van der Waals surface area contributed by atoms with Crippen molar-refractivity contribution in [2.24, 2.45) is 5.73 Å². The van der Waals surface area contributed by atoms with Crippen molar-refractivity contribution in [3.63, 3.8) is 0 Å². The maximum atomic E-state index is 6.47. The number of hydrogen-bond donors (Lipinski definition) is 2. The zero-order chi connectivity index (χ0) is 16.6. The smallest absolute Gasteiger partial charge is 0.315 e. The highest BCUT2D eigenvalue weighted by atomic mass is 28.5. The molecule has 1 atom stereocenters. The van der Waals surface area contributed by atoms with Crippen LogP contribution in [0, 0.1) is 0 Å². The van der Waals surface area contributed by atoms with Gasteiger partial charge in [-0.05, 0) is 64.8 Å². The summed E-state index contributed by atoms with van der Waals surface area (Å²) >= 11 is 0. The Hall–Kier alpha value is 0.668. The molecular weight excluding hydrogens is 332 g/mol. The third-order valence-corrected chi connectivity index (χ3v) is 14.6. The van der Waals surface area contributed by atoms with Gasteiger partial charge in [0.1, 0.15) is 0 Å². The van der Waals surface area contributed by atoms with Crippen LogP contribution < -0.4 is 11.1 Å². The zero-order valence-corrected chi connectivity index (χ0v) is 18.8. The molecule has 0 bridgehead atoms. The fraction of sp³-hybridized carbons (Fsp3) is 1.00. The van der Waals surface area contributed by atoms with Crippen molar-refractivity contribution in [3.05, 3.63) is 0 Å². The van der Waals surface area contributed by atoms with Crippen LogP contribution in [0.2, 0.25) is 51.9 Å². The van der Waals surface area contributed by atoms with Gasteiger partial charge in [0, 0.05) is 13.1 Å². The van der Waals surface area contributed by atoms with Gasteiger partial charge in [0.05, 0.1) is 0 Å². The molecule has 0 aromatic rings. The number of rotatable bonds is 12. The Labute approximate surface area is 136 Å². The molecule has 0 aromatic heterocycles. The van der Waals surface area contributed by atoms with E-state index < -0.39 is 25.4 Å². The van der Waals surface area contributed by atoms with Crippen molar-refractivity contribution < 1.29 is 12.3 Å². The van der Waals surface area contributed by atoms with Crippen LogP contribution in [0.4, 0.5) is 0 Å². The predicted molar refractivity (Wildman–Crippen MR) is 98.7 cm³/mol. The predicted octanol–water partition coefficient (Wildman–Crippen LogP) is 2.25. The van der Waals surface area contributed by atoms with Crippen LogP contribution in [-0.2, 0) is 12.3 Å². The summed E-state index contributed by atoms with van der Waals surface area (Å²) in [5, 5.41) is 3.34. The van der Waals surface area contributed by atoms with Crippen LogP contribution in [0.5, 0.6) is 0 Å². The molecule has 0 saturated heterocycles. The van der Waals surface area contributed by atoms with Gasteiger partial charge in [-0.2, -0.15) is 0 Å². The Kier molecular flexibility index (Phi) is 10.0. The number of nitrogens with one attached hydrogen (secondary N) is 1. The van der Waals surface area contributed by atoms with Crippen LogP contribution in [0.3, 0.4) is 0 Å². The van der Waals surface area contributed by atoms with E-state index in [0.29, 0.717) is 16.3 Å². The third-order valence-electron chi connectivity index (χ3n) is 2.64. The highest BCUT2D eigenvalue weighted by Crippen LogP contribution is 2.25. The summed E-state index contributed by atoms with van der Waals surface area (Å²) < 4.78 is 18.8. The van der Waals surface area contributed by atoms with Gasteiger partial charge in [-0.25, -0.2) is 0 Å². The second-order valence-corrected chi connectivity index (χ2v) is 19.4. The normalized spacial score (nSPS) is 16.0. The van der Waals surface area contributed by atoms with Crippen molar-refractivity contribution in [2.75, 3.05) is 19.6 Å². The molecule has 5 nitrogen and oxygen atoms in total. The van der Waals surface area contributed by atoms with E-state index in [1.165, 1.54) is 0 Å². The van der Waals surface area contributed by atoms with E-state index in [4.69, 9.17) is 18.1 Å². The van der Waals surface area contributed by atoms with E-state index in [-0.39, 0.29) is 0 Å². The lowest BCUT2D eigenvalue weighted by molar-refractivity contribution is 0.329. The lowest BCUT2D eigenvalue weighted by Crippen LogP contribution is -2.54. The minimum absolute atomic E-state index is 0.474. The van der Waals surface area contributed by atoms with E-state index in [0.717, 1.165) is 25.6 Å². The van der Waals surface area contributed by atoms with Crippen molar-refractivity contribution in [3.8, 4) is 0 Å². The first-order valence-electron chi connectivity index (χ1n) is 7.69. The SMILES string of the molecule is C[Si]O[Si](C)(C)O[Si](C)(CCCNCCN)O[Si](C)(C)C. The topological polar surface area (TPSA) is 65.7 Å². The number of nitrogens with two attached hydrogens (primary N) is 1. The fourth-order valence-corrected chi connectivity index (χ4v) is 16.3. The average molecular weight is 367 g/mol. The molecule has 0 rings (SSSR count). The molecule has 0 amide bonds. The third kappa shape index (κ3) is 11.8. The first-order valence-corrected chi connectivity index (χ1v) is 17.9. The van der Waals surface area contributed by atoms with E-state index in [1.54, 1.807) is 0 Å². The van der Waals surface area contributed by atoms with E-state index >= 15 is 0 Å². The standard InChI is InChI=1S/C12H34N2O3Si4/c1-18-15-20(5,6)17-21(7,16-19(2,3)4)12-8-10-14-11-9-13/h14H,8-13H2,1-7H3. The van der Waals surface area contributed by atoms with Crippen LogP contribution in [0.1, 0.15) is 6.42 Å². The molecule has 126 valence electrons. The van der Waals surface area contributed by atoms with Gasteiger partial charge >= 0.3 is 17.1 Å². The molecule has 0 aliphatic heterocycles. The highest BCUT2D eigenvalue weighted by Gasteiger charge is 2.42. The molecule has 0 heterocycles. The molecule has 0 aromatic carbocycles. The molecular formula is C12H34N2O3Si4. The molecule has 2 radical (unpaired) electrons. The zero-order valence-electron chi connectivity index (χ0n) is 14.8. The van der Waals surface area contributed by atoms with Gasteiger partial charge in [-0.15, -0.1) is 0 Å². The van der Waals surface area contributed by atoms with Crippen molar-refractivity contribution in [2.45, 2.75) is 58.3 Å². The molecule has 0 fully saturated rings. The van der Waals surface area contributed by atoms with Gasteiger partial charge in [0.2, 0.25) is 9.76 Å². The van der Waals surface area contributed by atoms with E-state index in [2.05, 4.69) is 44.6 Å². The Morgan fingerprint density at radius 3 is 2.10 bits per heavy atom. The first kappa shape index (κ1) is 21.7. The maximum absolute atomic E-state index is 6.47. The molecule has 21 heavy (non-hydrogen) atoms. The quantitative estimate of drug-likeness (QED) is 0.410. The van der Waals surface area contributed by atoms with Crippen LogP contribution in [0.25, 0.3) is 0 Å². The molecule has 0 aliphatic rings. The second-order valence-electron chi connectivity index (χ2n) is 6.80. The summed E-state index contributed by atoms with van der Waals surface area (Å²) in [5.74, 6) is 0. The summed E-state index contributed by atoms with van der Waals surface area (Å²) in [6.07, 6.45) is 1.06. The molecule has 0 saturated carbocycles. The number of hydrogen-bond acceptors (Lipinski definition) is 5. The molecule has 1 unspecified atom stereocenters. The summed E-state index contributed by atoms with van der Waals surface area (Å²) in [7, 11) is -5.42. The molecule has 9 heteroatoms. The Balaban J connectivity index is 4.61. The summed E-state index contributed by atoms with van der Waals surface area (Å²) in [6, 6.07) is 1.00. The van der Waals surface area contributed by atoms with Gasteiger partial charge in [-0.3, -0.25) is 0 Å². The minimum atomic E-state index is -2.19. The summed E-state index contributed by atoms with van der Waals surface area (Å²) in [4.78, 5) is 0. The molecule has 0 spiro atoms. The fourth-order valence-electron chi connectivity index (χ4n) is 2.32. The highest BCUT2D eigenvalue weighted by molar-refractivity contribution is 6.87. The minimum Gasteiger partial charge on any atom is -0.437 e. The monoisotopic (exact) mass is 366 g/mol. The Morgan fingerprint density at radius 2 is 1.62 bits per heavy atom. The van der Waals surface area contributed by atoms with Crippen LogP contribution in [-0.4, -0.2) is 54.8 Å². The van der Waals surface area contributed by atoms with Gasteiger partial charge in [0.15, 0.2) is 8.32 Å². The Bertz CT molecular complexity index is 290. The van der Waals surface area contributed by atoms with Crippen LogP contribution >= 0.6 is 0 Å². The van der Waals surface area contributed by atoms with Gasteiger partial charge in [0.25, 0.3) is 0 Å². The Morgan fingerprint density at radius 1 is 1.00 bits per heavy atom. The second kappa shape index (κ2) is 9.73. The van der Waals surface area contributed by atoms with Crippen LogP contribution in [0.15, 0.2) is 0 Å². The molecule has 0 aliphatic carbocycles. The lowest BCUT2D eigenvalue weighted by atomic mass is 10.5. The summed E-state index contributed by atoms with van der Waals surface area (Å²) in [6.45, 7) is 17.7. The first-order chi connectivity index (χ1) is 9.54. The molecule has 3 N–H and O–H groups in total.